The highest BCUT2D eigenvalue weighted by atomic mass is 35.5. The summed E-state index contributed by atoms with van der Waals surface area (Å²) in [5.41, 5.74) is 5.29. The van der Waals surface area contributed by atoms with Crippen LogP contribution >= 0.6 is 11.6 Å². The first-order chi connectivity index (χ1) is 15.6. The number of nitrogens with one attached hydrogen (secondary N) is 1. The summed E-state index contributed by atoms with van der Waals surface area (Å²) in [5, 5.41) is 2.99. The Morgan fingerprint density at radius 2 is 1.97 bits per heavy atom. The predicted molar refractivity (Wildman–Crippen MR) is 120 cm³/mol. The molecule has 1 unspecified atom stereocenters. The number of ether oxygens (including phenoxy) is 1. The van der Waals surface area contributed by atoms with Crippen molar-refractivity contribution in [3.63, 3.8) is 0 Å². The molecule has 1 aliphatic carbocycles. The Morgan fingerprint density at radius 1 is 1.30 bits per heavy atom. The van der Waals surface area contributed by atoms with Crippen LogP contribution in [0.3, 0.4) is 0 Å². The quantitative estimate of drug-likeness (QED) is 0.604. The molecule has 3 N–H and O–H groups in total. The second-order valence-corrected chi connectivity index (χ2v) is 9.34. The van der Waals surface area contributed by atoms with Gasteiger partial charge in [-0.15, -0.1) is 0 Å². The van der Waals surface area contributed by atoms with E-state index in [4.69, 9.17) is 22.1 Å². The number of aromatic nitrogens is 1. The van der Waals surface area contributed by atoms with E-state index in [9.17, 15) is 18.4 Å². The van der Waals surface area contributed by atoms with Gasteiger partial charge in [0.15, 0.2) is 0 Å². The number of nitrogens with two attached hydrogens (primary N) is 1. The van der Waals surface area contributed by atoms with Crippen molar-refractivity contribution < 1.29 is 23.1 Å². The zero-order chi connectivity index (χ0) is 23.9. The number of pyridine rings is 1. The molecule has 2 atom stereocenters. The lowest BCUT2D eigenvalue weighted by molar-refractivity contribution is 0.0480. The third kappa shape index (κ3) is 5.03. The Kier molecular flexibility index (Phi) is 6.18. The van der Waals surface area contributed by atoms with Gasteiger partial charge in [-0.3, -0.25) is 4.79 Å². The lowest BCUT2D eigenvalue weighted by Gasteiger charge is -2.28. The van der Waals surface area contributed by atoms with Crippen molar-refractivity contribution >= 4 is 29.3 Å². The SMILES string of the molecule is CC(NC(=O)c1cnc(Cl)c(-c2cc(F)cc(F)c2)c1N1CC[C@](C)(OC(N)=O)C1)C1CC1. The molecule has 1 saturated heterocycles. The van der Waals surface area contributed by atoms with Gasteiger partial charge < -0.3 is 20.7 Å². The zero-order valence-electron chi connectivity index (χ0n) is 18.3. The predicted octanol–water partition coefficient (Wildman–Crippen LogP) is 4.27. The van der Waals surface area contributed by atoms with Crippen molar-refractivity contribution in [2.45, 2.75) is 44.8 Å². The maximum absolute atomic E-state index is 14.1. The number of carbonyl (C=O) groups is 2. The largest absolute Gasteiger partial charge is 0.441 e. The molecule has 1 saturated carbocycles. The average Bonchev–Trinajstić information content (AvgIpc) is 3.49. The van der Waals surface area contributed by atoms with Crippen LogP contribution in [0.25, 0.3) is 11.1 Å². The molecule has 1 aromatic carbocycles. The molecular weight excluding hydrogens is 454 g/mol. The number of hydrogen-bond donors (Lipinski definition) is 2. The Hall–Kier alpha value is -2.94. The number of nitrogens with zero attached hydrogens (tertiary/aromatic N) is 2. The molecule has 2 amide bonds. The Balaban J connectivity index is 1.82. The van der Waals surface area contributed by atoms with Crippen LogP contribution < -0.4 is 16.0 Å². The summed E-state index contributed by atoms with van der Waals surface area (Å²) >= 11 is 6.43. The zero-order valence-corrected chi connectivity index (χ0v) is 19.1. The van der Waals surface area contributed by atoms with E-state index in [1.165, 1.54) is 6.20 Å². The number of halogens is 3. The van der Waals surface area contributed by atoms with Gasteiger partial charge >= 0.3 is 6.09 Å². The molecule has 1 aromatic heterocycles. The van der Waals surface area contributed by atoms with Crippen LogP contribution in [0.15, 0.2) is 24.4 Å². The summed E-state index contributed by atoms with van der Waals surface area (Å²) < 4.78 is 33.5. The van der Waals surface area contributed by atoms with Crippen LogP contribution in [0.5, 0.6) is 0 Å². The number of carbonyl (C=O) groups excluding carboxylic acids is 2. The topological polar surface area (TPSA) is 97.6 Å². The Morgan fingerprint density at radius 3 is 2.58 bits per heavy atom. The highest BCUT2D eigenvalue weighted by Gasteiger charge is 2.40. The van der Waals surface area contributed by atoms with Gasteiger partial charge in [-0.05, 0) is 50.3 Å². The van der Waals surface area contributed by atoms with Crippen LogP contribution in [0.2, 0.25) is 5.15 Å². The number of hydrogen-bond acceptors (Lipinski definition) is 5. The fourth-order valence-electron chi connectivity index (χ4n) is 4.38. The third-order valence-corrected chi connectivity index (χ3v) is 6.47. The molecule has 2 fully saturated rings. The van der Waals surface area contributed by atoms with Gasteiger partial charge in [0.05, 0.1) is 17.8 Å². The summed E-state index contributed by atoms with van der Waals surface area (Å²) in [6.07, 6.45) is 2.99. The first kappa shape index (κ1) is 23.2. The molecule has 33 heavy (non-hydrogen) atoms. The molecule has 0 radical (unpaired) electrons. The van der Waals surface area contributed by atoms with E-state index < -0.39 is 23.3 Å². The Bertz CT molecular complexity index is 1090. The van der Waals surface area contributed by atoms with Crippen LogP contribution in [0.4, 0.5) is 19.3 Å². The van der Waals surface area contributed by atoms with Crippen molar-refractivity contribution in [3.05, 3.63) is 46.7 Å². The molecule has 7 nitrogen and oxygen atoms in total. The molecule has 0 bridgehead atoms. The Labute approximate surface area is 195 Å². The number of primary amides is 1. The molecule has 1 aliphatic heterocycles. The van der Waals surface area contributed by atoms with Crippen molar-refractivity contribution in [2.75, 3.05) is 18.0 Å². The second kappa shape index (κ2) is 8.78. The molecular formula is C23H25ClF2N4O3. The van der Waals surface area contributed by atoms with Crippen molar-refractivity contribution in [3.8, 4) is 11.1 Å². The number of rotatable bonds is 6. The summed E-state index contributed by atoms with van der Waals surface area (Å²) in [7, 11) is 0. The fraction of sp³-hybridized carbons (Fsp3) is 0.435. The molecule has 4 rings (SSSR count). The first-order valence-electron chi connectivity index (χ1n) is 10.8. The van der Waals surface area contributed by atoms with E-state index in [2.05, 4.69) is 10.3 Å². The minimum atomic E-state index is -0.907. The summed E-state index contributed by atoms with van der Waals surface area (Å²) in [6.45, 7) is 4.28. The summed E-state index contributed by atoms with van der Waals surface area (Å²) in [4.78, 5) is 30.6. The highest BCUT2D eigenvalue weighted by molar-refractivity contribution is 6.33. The average molecular weight is 479 g/mol. The standard InChI is InChI=1S/C23H25ClF2N4O3/c1-12(13-3-4-13)29-21(31)17-10-28-20(24)18(14-7-15(25)9-16(26)8-14)19(17)30-6-5-23(2,11-30)33-22(27)32/h7-10,12-13H,3-6,11H2,1-2H3,(H2,27,32)(H,29,31)/t12?,23-/m0/s1. The van der Waals surface area contributed by atoms with Crippen LogP contribution in [0, 0.1) is 17.6 Å². The first-order valence-corrected chi connectivity index (χ1v) is 11.1. The molecule has 2 aliphatic rings. The normalized spacial score (nSPS) is 21.1. The molecule has 0 spiro atoms. The van der Waals surface area contributed by atoms with Gasteiger partial charge in [-0.25, -0.2) is 18.6 Å². The van der Waals surface area contributed by atoms with Crippen molar-refractivity contribution in [2.24, 2.45) is 11.7 Å². The van der Waals surface area contributed by atoms with E-state index in [-0.39, 0.29) is 40.3 Å². The van der Waals surface area contributed by atoms with Crippen molar-refractivity contribution in [1.29, 1.82) is 0 Å². The summed E-state index contributed by atoms with van der Waals surface area (Å²) in [6, 6.07) is 3.00. The smallest absolute Gasteiger partial charge is 0.405 e. The van der Waals surface area contributed by atoms with Gasteiger partial charge in [0.25, 0.3) is 5.91 Å². The van der Waals surface area contributed by atoms with Crippen LogP contribution in [-0.4, -0.2) is 41.7 Å². The fourth-order valence-corrected chi connectivity index (χ4v) is 4.62. The van der Waals surface area contributed by atoms with Gasteiger partial charge in [0, 0.05) is 36.8 Å². The maximum Gasteiger partial charge on any atom is 0.405 e. The van der Waals surface area contributed by atoms with Crippen LogP contribution in [0.1, 0.15) is 43.5 Å². The minimum absolute atomic E-state index is 0.00814. The number of benzene rings is 1. The van der Waals surface area contributed by atoms with E-state index in [0.29, 0.717) is 24.6 Å². The molecule has 176 valence electrons. The van der Waals surface area contributed by atoms with Gasteiger partial charge in [-0.2, -0.15) is 0 Å². The van der Waals surface area contributed by atoms with Crippen molar-refractivity contribution in [1.82, 2.24) is 10.3 Å². The minimum Gasteiger partial charge on any atom is -0.441 e. The second-order valence-electron chi connectivity index (χ2n) is 8.99. The van der Waals surface area contributed by atoms with E-state index in [0.717, 1.165) is 31.0 Å². The lowest BCUT2D eigenvalue weighted by atomic mass is 10.0. The van der Waals surface area contributed by atoms with Gasteiger partial charge in [-0.1, -0.05) is 11.6 Å². The monoisotopic (exact) mass is 478 g/mol. The summed E-state index contributed by atoms with van der Waals surface area (Å²) in [5.74, 6) is -1.51. The number of anilines is 1. The molecule has 10 heteroatoms. The van der Waals surface area contributed by atoms with E-state index in [1.54, 1.807) is 6.92 Å². The van der Waals surface area contributed by atoms with Gasteiger partial charge in [0.2, 0.25) is 0 Å². The third-order valence-electron chi connectivity index (χ3n) is 6.19. The lowest BCUT2D eigenvalue weighted by Crippen LogP contribution is -2.38. The van der Waals surface area contributed by atoms with E-state index in [1.807, 2.05) is 11.8 Å². The molecule has 2 aromatic rings. The molecule has 2 heterocycles. The maximum atomic E-state index is 14.1. The van der Waals surface area contributed by atoms with Gasteiger partial charge in [0.1, 0.15) is 22.4 Å². The van der Waals surface area contributed by atoms with Crippen LogP contribution in [-0.2, 0) is 4.74 Å². The number of amides is 2. The van der Waals surface area contributed by atoms with E-state index >= 15 is 0 Å². The highest BCUT2D eigenvalue weighted by Crippen LogP contribution is 2.42.